The van der Waals surface area contributed by atoms with Crippen LogP contribution in [-0.4, -0.2) is 62.7 Å². The van der Waals surface area contributed by atoms with Gasteiger partial charge in [0.15, 0.2) is 6.29 Å². The largest absolute Gasteiger partial charge is 0.350 e. The Morgan fingerprint density at radius 2 is 1.44 bits per heavy atom. The number of rotatable bonds is 9. The minimum absolute atomic E-state index is 0.136. The van der Waals surface area contributed by atoms with Gasteiger partial charge in [0, 0.05) is 32.1 Å². The van der Waals surface area contributed by atoms with Gasteiger partial charge in [0.05, 0.1) is 13.2 Å². The molecule has 2 heterocycles. The lowest BCUT2D eigenvalue weighted by molar-refractivity contribution is -0.0939. The van der Waals surface area contributed by atoms with Crippen LogP contribution >= 0.6 is 0 Å². The number of ether oxygens (including phenoxy) is 2. The zero-order chi connectivity index (χ0) is 18.4. The fourth-order valence-corrected chi connectivity index (χ4v) is 5.01. The Kier molecular flexibility index (Phi) is 8.14. The van der Waals surface area contributed by atoms with Gasteiger partial charge in [-0.3, -0.25) is 0 Å². The SMILES string of the molecule is CC(C)CCN(CCC(C)C)S(=O)(=O)N1CCC(C2OCCO2)CC1. The molecule has 6 nitrogen and oxygen atoms in total. The number of hydrogen-bond acceptors (Lipinski definition) is 4. The van der Waals surface area contributed by atoms with Crippen LogP contribution in [0.15, 0.2) is 0 Å². The lowest BCUT2D eigenvalue weighted by Gasteiger charge is -2.36. The second-order valence-corrected chi connectivity index (χ2v) is 10.0. The summed E-state index contributed by atoms with van der Waals surface area (Å²) in [7, 11) is -3.38. The van der Waals surface area contributed by atoms with Crippen molar-refractivity contribution in [2.45, 2.75) is 59.7 Å². The molecule has 25 heavy (non-hydrogen) atoms. The van der Waals surface area contributed by atoms with E-state index in [-0.39, 0.29) is 6.29 Å². The highest BCUT2D eigenvalue weighted by Gasteiger charge is 2.36. The highest BCUT2D eigenvalue weighted by atomic mass is 32.2. The van der Waals surface area contributed by atoms with Crippen LogP contribution in [0.25, 0.3) is 0 Å². The molecule has 2 fully saturated rings. The van der Waals surface area contributed by atoms with Crippen LogP contribution in [-0.2, 0) is 19.7 Å². The summed E-state index contributed by atoms with van der Waals surface area (Å²) in [6.07, 6.45) is 3.29. The quantitative estimate of drug-likeness (QED) is 0.621. The minimum Gasteiger partial charge on any atom is -0.350 e. The summed E-state index contributed by atoms with van der Waals surface area (Å²) >= 11 is 0. The predicted molar refractivity (Wildman–Crippen MR) is 99.4 cm³/mol. The minimum atomic E-state index is -3.38. The van der Waals surface area contributed by atoms with Crippen molar-refractivity contribution >= 4 is 10.2 Å². The Labute approximate surface area is 154 Å². The lowest BCUT2D eigenvalue weighted by Crippen LogP contribution is -2.49. The standard InChI is InChI=1S/C18H36N2O4S/c1-15(2)5-9-19(10-6-16(3)4)25(21,22)20-11-7-17(8-12-20)18-23-13-14-24-18/h15-18H,5-14H2,1-4H3. The van der Waals surface area contributed by atoms with Gasteiger partial charge in [0.2, 0.25) is 0 Å². The van der Waals surface area contributed by atoms with E-state index in [9.17, 15) is 8.42 Å². The van der Waals surface area contributed by atoms with Gasteiger partial charge in [-0.25, -0.2) is 0 Å². The van der Waals surface area contributed by atoms with E-state index >= 15 is 0 Å². The summed E-state index contributed by atoms with van der Waals surface area (Å²) in [5.74, 6) is 1.31. The highest BCUT2D eigenvalue weighted by Crippen LogP contribution is 2.28. The zero-order valence-corrected chi connectivity index (χ0v) is 17.1. The molecule has 0 unspecified atom stereocenters. The maximum atomic E-state index is 13.1. The third-order valence-corrected chi connectivity index (χ3v) is 7.13. The molecule has 2 aliphatic rings. The van der Waals surface area contributed by atoms with E-state index in [2.05, 4.69) is 27.7 Å². The fraction of sp³-hybridized carbons (Fsp3) is 1.00. The van der Waals surface area contributed by atoms with Gasteiger partial charge in [-0.15, -0.1) is 0 Å². The molecule has 0 saturated carbocycles. The van der Waals surface area contributed by atoms with Gasteiger partial charge in [0.25, 0.3) is 10.2 Å². The summed E-state index contributed by atoms with van der Waals surface area (Å²) in [5, 5.41) is 0. The smallest absolute Gasteiger partial charge is 0.281 e. The van der Waals surface area contributed by atoms with Crippen LogP contribution in [0, 0.1) is 17.8 Å². The van der Waals surface area contributed by atoms with Crippen LogP contribution in [0.4, 0.5) is 0 Å². The first-order valence-corrected chi connectivity index (χ1v) is 11.2. The summed E-state index contributed by atoms with van der Waals surface area (Å²) in [4.78, 5) is 0. The molecule has 0 atom stereocenters. The van der Waals surface area contributed by atoms with Crippen LogP contribution in [0.2, 0.25) is 0 Å². The van der Waals surface area contributed by atoms with E-state index in [4.69, 9.17) is 9.47 Å². The third-order valence-electron chi connectivity index (χ3n) is 5.10. The molecule has 0 amide bonds. The molecule has 2 saturated heterocycles. The second-order valence-electron chi connectivity index (χ2n) is 8.12. The van der Waals surface area contributed by atoms with Crippen LogP contribution in [0.1, 0.15) is 53.4 Å². The van der Waals surface area contributed by atoms with E-state index in [0.717, 1.165) is 25.7 Å². The van der Waals surface area contributed by atoms with Gasteiger partial charge in [-0.2, -0.15) is 17.0 Å². The Hall–Kier alpha value is -0.210. The summed E-state index contributed by atoms with van der Waals surface area (Å²) in [5.41, 5.74) is 0. The average Bonchev–Trinajstić information content (AvgIpc) is 3.08. The van der Waals surface area contributed by atoms with Gasteiger partial charge in [-0.05, 0) is 37.5 Å². The zero-order valence-electron chi connectivity index (χ0n) is 16.3. The van der Waals surface area contributed by atoms with Crippen molar-refractivity contribution in [3.05, 3.63) is 0 Å². The Bertz CT molecular complexity index is 469. The lowest BCUT2D eigenvalue weighted by atomic mass is 9.98. The van der Waals surface area contributed by atoms with Gasteiger partial charge < -0.3 is 9.47 Å². The summed E-state index contributed by atoms with van der Waals surface area (Å²) in [6.45, 7) is 12.2. The maximum absolute atomic E-state index is 13.1. The molecular weight excluding hydrogens is 340 g/mol. The van der Waals surface area contributed by atoms with E-state index in [1.54, 1.807) is 8.61 Å². The Morgan fingerprint density at radius 1 is 0.960 bits per heavy atom. The molecule has 148 valence electrons. The molecule has 0 aromatic carbocycles. The maximum Gasteiger partial charge on any atom is 0.281 e. The fourth-order valence-electron chi connectivity index (χ4n) is 3.34. The van der Waals surface area contributed by atoms with Crippen molar-refractivity contribution in [1.82, 2.24) is 8.61 Å². The van der Waals surface area contributed by atoms with Crippen molar-refractivity contribution in [1.29, 1.82) is 0 Å². The second kappa shape index (κ2) is 9.65. The van der Waals surface area contributed by atoms with Gasteiger partial charge in [-0.1, -0.05) is 27.7 Å². The molecule has 0 bridgehead atoms. The monoisotopic (exact) mass is 376 g/mol. The van der Waals surface area contributed by atoms with Crippen molar-refractivity contribution in [2.24, 2.45) is 17.8 Å². The molecular formula is C18H36N2O4S. The normalized spacial score (nSPS) is 21.9. The number of piperidine rings is 1. The molecule has 0 aromatic rings. The molecule has 0 spiro atoms. The van der Waals surface area contributed by atoms with Crippen molar-refractivity contribution in [2.75, 3.05) is 39.4 Å². The topological polar surface area (TPSA) is 59.1 Å². The first-order valence-electron chi connectivity index (χ1n) is 9.79. The highest BCUT2D eigenvalue weighted by molar-refractivity contribution is 7.86. The molecule has 0 aromatic heterocycles. The molecule has 0 aliphatic carbocycles. The summed E-state index contributed by atoms with van der Waals surface area (Å²) < 4.78 is 40.8. The van der Waals surface area contributed by atoms with Crippen LogP contribution in [0.3, 0.4) is 0 Å². The molecule has 2 rings (SSSR count). The van der Waals surface area contributed by atoms with E-state index < -0.39 is 10.2 Å². The van der Waals surface area contributed by atoms with Crippen molar-refractivity contribution in [3.8, 4) is 0 Å². The van der Waals surface area contributed by atoms with Crippen molar-refractivity contribution < 1.29 is 17.9 Å². The average molecular weight is 377 g/mol. The predicted octanol–water partition coefficient (Wildman–Crippen LogP) is 2.71. The van der Waals surface area contributed by atoms with Crippen LogP contribution < -0.4 is 0 Å². The number of hydrogen-bond donors (Lipinski definition) is 0. The molecule has 7 heteroatoms. The summed E-state index contributed by atoms with van der Waals surface area (Å²) in [6, 6.07) is 0. The third kappa shape index (κ3) is 6.17. The first kappa shape index (κ1) is 21.1. The first-order chi connectivity index (χ1) is 11.8. The van der Waals surface area contributed by atoms with Gasteiger partial charge in [0.1, 0.15) is 0 Å². The number of nitrogens with zero attached hydrogens (tertiary/aromatic N) is 2. The Morgan fingerprint density at radius 3 is 1.88 bits per heavy atom. The van der Waals surface area contributed by atoms with Crippen molar-refractivity contribution in [3.63, 3.8) is 0 Å². The van der Waals surface area contributed by atoms with E-state index in [0.29, 0.717) is 57.1 Å². The van der Waals surface area contributed by atoms with Crippen LogP contribution in [0.5, 0.6) is 0 Å². The van der Waals surface area contributed by atoms with E-state index in [1.807, 2.05) is 0 Å². The van der Waals surface area contributed by atoms with Gasteiger partial charge >= 0.3 is 0 Å². The molecule has 0 radical (unpaired) electrons. The van der Waals surface area contributed by atoms with E-state index in [1.165, 1.54) is 0 Å². The molecule has 2 aliphatic heterocycles. The molecule has 0 N–H and O–H groups in total. The Balaban J connectivity index is 1.95.